The molecule has 17 heavy (non-hydrogen) atoms. The van der Waals surface area contributed by atoms with Gasteiger partial charge in [-0.25, -0.2) is 10.8 Å². The summed E-state index contributed by atoms with van der Waals surface area (Å²) >= 11 is 0. The van der Waals surface area contributed by atoms with Crippen molar-refractivity contribution in [2.24, 2.45) is 5.84 Å². The van der Waals surface area contributed by atoms with Crippen LogP contribution in [0.5, 0.6) is 0 Å². The van der Waals surface area contributed by atoms with Gasteiger partial charge in [-0.3, -0.25) is 4.79 Å². The van der Waals surface area contributed by atoms with Crippen molar-refractivity contribution < 1.29 is 4.79 Å². The lowest BCUT2D eigenvalue weighted by atomic mass is 10.2. The average molecular weight is 233 g/mol. The highest BCUT2D eigenvalue weighted by Crippen LogP contribution is 2.13. The number of nitrogens with zero attached hydrogens (tertiary/aromatic N) is 3. The number of hydrogen-bond acceptors (Lipinski definition) is 5. The van der Waals surface area contributed by atoms with E-state index in [4.69, 9.17) is 11.1 Å². The summed E-state index contributed by atoms with van der Waals surface area (Å²) in [5.41, 5.74) is 2.80. The molecule has 0 saturated carbocycles. The molecule has 0 aromatic carbocycles. The number of nitriles is 1. The molecule has 90 valence electrons. The monoisotopic (exact) mass is 233 g/mol. The Morgan fingerprint density at radius 3 is 3.06 bits per heavy atom. The molecule has 0 bridgehead atoms. The summed E-state index contributed by atoms with van der Waals surface area (Å²) in [7, 11) is 0. The Balaban J connectivity index is 2.90. The molecule has 0 aliphatic heterocycles. The van der Waals surface area contributed by atoms with Crippen LogP contribution in [0.2, 0.25) is 0 Å². The Morgan fingerprint density at radius 2 is 2.47 bits per heavy atom. The van der Waals surface area contributed by atoms with E-state index >= 15 is 0 Å². The third-order valence-corrected chi connectivity index (χ3v) is 2.34. The minimum absolute atomic E-state index is 0.177. The maximum absolute atomic E-state index is 12.1. The standard InChI is InChI=1S/C11H15N5O/c1-2-16(8-4-6-12)11(17)9-5-3-7-14-10(9)15-13/h3,5,7H,2,4,8,13H2,1H3,(H,14,15). The number of hydrogen-bond donors (Lipinski definition) is 2. The van der Waals surface area contributed by atoms with Gasteiger partial charge in [0.1, 0.15) is 0 Å². The lowest BCUT2D eigenvalue weighted by molar-refractivity contribution is 0.0768. The first-order valence-electron chi connectivity index (χ1n) is 5.32. The Bertz CT molecular complexity index is 426. The second-order valence-corrected chi connectivity index (χ2v) is 3.34. The van der Waals surface area contributed by atoms with Crippen LogP contribution in [0.4, 0.5) is 5.82 Å². The predicted molar refractivity (Wildman–Crippen MR) is 63.9 cm³/mol. The molecule has 3 N–H and O–H groups in total. The van der Waals surface area contributed by atoms with Crippen molar-refractivity contribution >= 4 is 11.7 Å². The molecular weight excluding hydrogens is 218 g/mol. The number of aromatic nitrogens is 1. The largest absolute Gasteiger partial charge is 0.338 e. The van der Waals surface area contributed by atoms with Gasteiger partial charge in [0.25, 0.3) is 5.91 Å². The number of pyridine rings is 1. The van der Waals surface area contributed by atoms with Gasteiger partial charge in [0.15, 0.2) is 5.82 Å². The Hall–Kier alpha value is -2.13. The second-order valence-electron chi connectivity index (χ2n) is 3.34. The van der Waals surface area contributed by atoms with Gasteiger partial charge < -0.3 is 10.3 Å². The molecule has 0 aliphatic carbocycles. The Kier molecular flexibility index (Phi) is 4.91. The summed E-state index contributed by atoms with van der Waals surface area (Å²) < 4.78 is 0. The normalized spacial score (nSPS) is 9.47. The molecule has 1 rings (SSSR count). The highest BCUT2D eigenvalue weighted by molar-refractivity contribution is 5.98. The molecule has 0 spiro atoms. The lowest BCUT2D eigenvalue weighted by Crippen LogP contribution is -2.32. The van der Waals surface area contributed by atoms with Crippen molar-refractivity contribution in [3.63, 3.8) is 0 Å². The van der Waals surface area contributed by atoms with E-state index in [2.05, 4.69) is 10.4 Å². The van der Waals surface area contributed by atoms with Crippen LogP contribution in [0.3, 0.4) is 0 Å². The maximum Gasteiger partial charge on any atom is 0.257 e. The van der Waals surface area contributed by atoms with Crippen LogP contribution in [-0.4, -0.2) is 28.9 Å². The molecule has 1 aromatic heterocycles. The van der Waals surface area contributed by atoms with Gasteiger partial charge in [-0.2, -0.15) is 5.26 Å². The van der Waals surface area contributed by atoms with Gasteiger partial charge in [-0.15, -0.1) is 0 Å². The molecule has 0 fully saturated rings. The van der Waals surface area contributed by atoms with Gasteiger partial charge >= 0.3 is 0 Å². The highest BCUT2D eigenvalue weighted by Gasteiger charge is 2.17. The highest BCUT2D eigenvalue weighted by atomic mass is 16.2. The Morgan fingerprint density at radius 1 is 1.71 bits per heavy atom. The first-order chi connectivity index (χ1) is 8.24. The number of rotatable bonds is 5. The molecule has 0 radical (unpaired) electrons. The summed E-state index contributed by atoms with van der Waals surface area (Å²) in [5, 5.41) is 8.53. The molecule has 0 saturated heterocycles. The number of carbonyl (C=O) groups is 1. The summed E-state index contributed by atoms with van der Waals surface area (Å²) in [4.78, 5) is 17.7. The average Bonchev–Trinajstić information content (AvgIpc) is 2.39. The zero-order valence-electron chi connectivity index (χ0n) is 9.68. The zero-order valence-corrected chi connectivity index (χ0v) is 9.68. The van der Waals surface area contributed by atoms with E-state index in [-0.39, 0.29) is 5.91 Å². The summed E-state index contributed by atoms with van der Waals surface area (Å²) in [6.07, 6.45) is 1.86. The molecule has 6 nitrogen and oxygen atoms in total. The van der Waals surface area contributed by atoms with Gasteiger partial charge in [0.2, 0.25) is 0 Å². The van der Waals surface area contributed by atoms with Gasteiger partial charge in [-0.1, -0.05) is 0 Å². The fourth-order valence-electron chi connectivity index (χ4n) is 1.45. The van der Waals surface area contributed by atoms with E-state index < -0.39 is 0 Å². The van der Waals surface area contributed by atoms with Crippen LogP contribution >= 0.6 is 0 Å². The fraction of sp³-hybridized carbons (Fsp3) is 0.364. The van der Waals surface area contributed by atoms with Gasteiger partial charge in [0, 0.05) is 19.3 Å². The van der Waals surface area contributed by atoms with Gasteiger partial charge in [-0.05, 0) is 19.1 Å². The van der Waals surface area contributed by atoms with E-state index in [0.29, 0.717) is 30.9 Å². The van der Waals surface area contributed by atoms with Crippen LogP contribution in [-0.2, 0) is 0 Å². The van der Waals surface area contributed by atoms with Crippen LogP contribution in [0.15, 0.2) is 18.3 Å². The minimum Gasteiger partial charge on any atom is -0.338 e. The second kappa shape index (κ2) is 6.45. The van der Waals surface area contributed by atoms with Crippen LogP contribution in [0.25, 0.3) is 0 Å². The fourth-order valence-corrected chi connectivity index (χ4v) is 1.45. The van der Waals surface area contributed by atoms with Crippen molar-refractivity contribution in [1.82, 2.24) is 9.88 Å². The summed E-state index contributed by atoms with van der Waals surface area (Å²) in [6.45, 7) is 2.81. The maximum atomic E-state index is 12.1. The Labute approximate surface area is 100 Å². The molecule has 1 aromatic rings. The third kappa shape index (κ3) is 3.16. The molecule has 0 atom stereocenters. The van der Waals surface area contributed by atoms with E-state index in [0.717, 1.165) is 0 Å². The quantitative estimate of drug-likeness (QED) is 0.577. The van der Waals surface area contributed by atoms with Crippen molar-refractivity contribution in [3.8, 4) is 6.07 Å². The summed E-state index contributed by atoms with van der Waals surface area (Å²) in [6, 6.07) is 5.34. The number of amides is 1. The first kappa shape index (κ1) is 12.9. The molecular formula is C11H15N5O. The van der Waals surface area contributed by atoms with Crippen molar-refractivity contribution in [3.05, 3.63) is 23.9 Å². The predicted octanol–water partition coefficient (Wildman–Crippen LogP) is 0.743. The number of nitrogens with two attached hydrogens (primary N) is 1. The number of carbonyl (C=O) groups excluding carboxylic acids is 1. The smallest absolute Gasteiger partial charge is 0.257 e. The van der Waals surface area contributed by atoms with Crippen molar-refractivity contribution in [1.29, 1.82) is 5.26 Å². The van der Waals surface area contributed by atoms with Crippen LogP contribution in [0, 0.1) is 11.3 Å². The molecule has 0 unspecified atom stereocenters. The molecule has 6 heteroatoms. The molecule has 1 heterocycles. The van der Waals surface area contributed by atoms with Crippen molar-refractivity contribution in [2.45, 2.75) is 13.3 Å². The molecule has 0 aliphatic rings. The van der Waals surface area contributed by atoms with E-state index in [9.17, 15) is 4.79 Å². The topological polar surface area (TPSA) is 95.0 Å². The number of nitrogen functional groups attached to an aromatic ring is 1. The third-order valence-electron chi connectivity index (χ3n) is 2.34. The van der Waals surface area contributed by atoms with Crippen LogP contribution in [0.1, 0.15) is 23.7 Å². The van der Waals surface area contributed by atoms with Crippen LogP contribution < -0.4 is 11.3 Å². The molecule has 1 amide bonds. The van der Waals surface area contributed by atoms with E-state index in [1.807, 2.05) is 13.0 Å². The lowest BCUT2D eigenvalue weighted by Gasteiger charge is -2.20. The number of hydrazine groups is 1. The first-order valence-corrected chi connectivity index (χ1v) is 5.32. The van der Waals surface area contributed by atoms with Gasteiger partial charge in [0.05, 0.1) is 18.1 Å². The number of anilines is 1. The number of nitrogens with one attached hydrogen (secondary N) is 1. The zero-order chi connectivity index (χ0) is 12.7. The van der Waals surface area contributed by atoms with E-state index in [1.165, 1.54) is 0 Å². The minimum atomic E-state index is -0.177. The SMILES string of the molecule is CCN(CCC#N)C(=O)c1cccnc1NN. The summed E-state index contributed by atoms with van der Waals surface area (Å²) in [5.74, 6) is 5.46. The van der Waals surface area contributed by atoms with E-state index in [1.54, 1.807) is 23.2 Å². The van der Waals surface area contributed by atoms with Crippen molar-refractivity contribution in [2.75, 3.05) is 18.5 Å².